The average molecular weight is 720 g/mol. The number of furan rings is 1. The second kappa shape index (κ2) is 12.8. The highest BCUT2D eigenvalue weighted by atomic mass is 16.5. The average Bonchev–Trinajstić information content (AvgIpc) is 3.61. The first-order chi connectivity index (χ1) is 25.6. The first-order valence-corrected chi connectivity index (χ1v) is 20.5. The lowest BCUT2D eigenvalue weighted by atomic mass is 9.78. The summed E-state index contributed by atoms with van der Waals surface area (Å²) in [5, 5.41) is 5.90. The van der Waals surface area contributed by atoms with Crippen molar-refractivity contribution < 1.29 is 13.7 Å². The molecular weight excluding hydrogens is 661 g/mol. The third-order valence-corrected chi connectivity index (χ3v) is 12.3. The number of nitrogens with zero attached hydrogens (tertiary/aromatic N) is 2. The Morgan fingerprint density at radius 1 is 0.741 bits per heavy atom. The van der Waals surface area contributed by atoms with Crippen LogP contribution in [0, 0.1) is 31.1 Å². The zero-order valence-electron chi connectivity index (χ0n) is 34.8. The van der Waals surface area contributed by atoms with Crippen molar-refractivity contribution in [2.75, 3.05) is 0 Å². The van der Waals surface area contributed by atoms with Crippen molar-refractivity contribution in [2.45, 2.75) is 126 Å². The number of benzene rings is 4. The molecule has 6 aromatic rings. The molecule has 2 aliphatic heterocycles. The van der Waals surface area contributed by atoms with Gasteiger partial charge in [0.05, 0.1) is 10.9 Å². The predicted octanol–water partition coefficient (Wildman–Crippen LogP) is 13.5. The minimum atomic E-state index is -0.923. The van der Waals surface area contributed by atoms with Gasteiger partial charge in [0.1, 0.15) is 11.3 Å². The van der Waals surface area contributed by atoms with Crippen LogP contribution in [-0.4, -0.2) is 4.98 Å². The SMILES string of the molecule is CCC(CC)C1=CC2(OC(C(CC)CC)=C1)c1c(cc(C(C)(C)C)c3cc(C)ccc13)-c1c3oc4c5ccc(CC(C)(C)C)cc5ccc4c3nc(C)[n+]12. The third kappa shape index (κ3) is 5.61. The molecule has 54 heavy (non-hydrogen) atoms. The smallest absolute Gasteiger partial charge is 0.301 e. The molecule has 280 valence electrons. The molecule has 4 nitrogen and oxygen atoms in total. The van der Waals surface area contributed by atoms with Crippen LogP contribution in [-0.2, 0) is 22.3 Å². The molecule has 2 aromatic heterocycles. The number of hydrogen-bond donors (Lipinski definition) is 0. The Labute approximate surface area is 322 Å². The Bertz CT molecular complexity index is 2540. The van der Waals surface area contributed by atoms with E-state index in [0.29, 0.717) is 11.8 Å². The van der Waals surface area contributed by atoms with E-state index >= 15 is 0 Å². The molecule has 4 aromatic carbocycles. The highest BCUT2D eigenvalue weighted by molar-refractivity contribution is 6.16. The van der Waals surface area contributed by atoms with Crippen LogP contribution in [0.3, 0.4) is 0 Å². The van der Waals surface area contributed by atoms with Crippen molar-refractivity contribution in [3.8, 4) is 11.3 Å². The summed E-state index contributed by atoms with van der Waals surface area (Å²) in [5.41, 5.74) is 10.5. The van der Waals surface area contributed by atoms with E-state index in [0.717, 1.165) is 76.8 Å². The van der Waals surface area contributed by atoms with Crippen LogP contribution in [0.2, 0.25) is 0 Å². The van der Waals surface area contributed by atoms with Gasteiger partial charge < -0.3 is 9.15 Å². The Morgan fingerprint density at radius 2 is 1.43 bits per heavy atom. The van der Waals surface area contributed by atoms with Crippen LogP contribution < -0.4 is 4.57 Å². The quantitative estimate of drug-likeness (QED) is 0.154. The van der Waals surface area contributed by atoms with Crippen LogP contribution in [0.15, 0.2) is 82.5 Å². The lowest BCUT2D eigenvalue weighted by Gasteiger charge is -2.36. The van der Waals surface area contributed by atoms with Gasteiger partial charge in [0.15, 0.2) is 5.69 Å². The molecule has 0 amide bonds. The van der Waals surface area contributed by atoms with Gasteiger partial charge in [0, 0.05) is 29.9 Å². The molecular formula is C50H59N2O2+. The van der Waals surface area contributed by atoms with Crippen molar-refractivity contribution in [2.24, 2.45) is 17.3 Å². The van der Waals surface area contributed by atoms with Gasteiger partial charge in [0.25, 0.3) is 0 Å². The number of aromatic nitrogens is 2. The summed E-state index contributed by atoms with van der Waals surface area (Å²) in [6, 6.07) is 20.8. The molecule has 0 saturated carbocycles. The minimum Gasteiger partial charge on any atom is -0.447 e. The lowest BCUT2D eigenvalue weighted by Crippen LogP contribution is -2.59. The van der Waals surface area contributed by atoms with Gasteiger partial charge in [-0.1, -0.05) is 117 Å². The van der Waals surface area contributed by atoms with E-state index in [1.807, 2.05) is 0 Å². The summed E-state index contributed by atoms with van der Waals surface area (Å²) >= 11 is 0. The van der Waals surface area contributed by atoms with Gasteiger partial charge in [0.2, 0.25) is 11.1 Å². The largest absolute Gasteiger partial charge is 0.447 e. The first kappa shape index (κ1) is 36.5. The summed E-state index contributed by atoms with van der Waals surface area (Å²) in [7, 11) is 0. The number of rotatable bonds is 7. The standard InChI is InChI=1S/C50H59N2O2/c1-13-32(14-2)35-25-42(33(15-3)16-4)54-50(28-35)43-37-20-17-29(5)23-39(37)41(49(10,11)12)26-40(43)45-47-44(51-30(6)52(45)50)38-22-19-34-24-31(27-48(7,8)9)18-21-36(34)46(38)53-47/h17-26,28,32-33H,13-16,27H2,1-12H3/q+1. The van der Waals surface area contributed by atoms with Crippen molar-refractivity contribution in [3.63, 3.8) is 0 Å². The molecule has 1 unspecified atom stereocenters. The molecule has 0 bridgehead atoms. The van der Waals surface area contributed by atoms with E-state index in [2.05, 4.69) is 154 Å². The molecule has 2 aliphatic rings. The maximum atomic E-state index is 7.66. The molecule has 0 saturated heterocycles. The molecule has 4 heterocycles. The Morgan fingerprint density at radius 3 is 2.09 bits per heavy atom. The van der Waals surface area contributed by atoms with Crippen molar-refractivity contribution in [3.05, 3.63) is 106 Å². The predicted molar refractivity (Wildman–Crippen MR) is 226 cm³/mol. The van der Waals surface area contributed by atoms with Gasteiger partial charge in [-0.25, -0.2) is 0 Å². The van der Waals surface area contributed by atoms with Gasteiger partial charge in [-0.05, 0) is 112 Å². The van der Waals surface area contributed by atoms with E-state index in [1.54, 1.807) is 0 Å². The molecule has 0 N–H and O–H groups in total. The maximum absolute atomic E-state index is 7.66. The topological polar surface area (TPSA) is 39.1 Å². The Kier molecular flexibility index (Phi) is 8.67. The number of aryl methyl sites for hydroxylation is 2. The highest BCUT2D eigenvalue weighted by Gasteiger charge is 2.56. The maximum Gasteiger partial charge on any atom is 0.301 e. The fourth-order valence-electron chi connectivity index (χ4n) is 9.67. The zero-order chi connectivity index (χ0) is 38.5. The van der Waals surface area contributed by atoms with E-state index in [9.17, 15) is 0 Å². The fraction of sp³-hybridized carbons (Fsp3) is 0.440. The van der Waals surface area contributed by atoms with Crippen LogP contribution in [0.25, 0.3) is 54.9 Å². The second-order valence-electron chi connectivity index (χ2n) is 18.5. The normalized spacial score (nSPS) is 17.3. The summed E-state index contributed by atoms with van der Waals surface area (Å²) in [5.74, 6) is 2.73. The summed E-state index contributed by atoms with van der Waals surface area (Å²) < 4.78 is 17.3. The van der Waals surface area contributed by atoms with Crippen molar-refractivity contribution in [1.82, 2.24) is 4.98 Å². The van der Waals surface area contributed by atoms with Gasteiger partial charge in [-0.2, -0.15) is 4.57 Å². The van der Waals surface area contributed by atoms with E-state index in [1.165, 1.54) is 49.5 Å². The summed E-state index contributed by atoms with van der Waals surface area (Å²) in [4.78, 5) is 5.47. The van der Waals surface area contributed by atoms with Gasteiger partial charge in [-0.3, -0.25) is 0 Å². The summed E-state index contributed by atoms with van der Waals surface area (Å²) in [6.45, 7) is 27.5. The molecule has 1 atom stereocenters. The third-order valence-electron chi connectivity index (χ3n) is 12.3. The van der Waals surface area contributed by atoms with Gasteiger partial charge >= 0.3 is 11.5 Å². The lowest BCUT2D eigenvalue weighted by molar-refractivity contribution is -0.774. The molecule has 8 rings (SSSR count). The molecule has 1 spiro atoms. The van der Waals surface area contributed by atoms with E-state index in [4.69, 9.17) is 14.1 Å². The van der Waals surface area contributed by atoms with E-state index < -0.39 is 5.72 Å². The number of ether oxygens (including phenoxy) is 1. The second-order valence-corrected chi connectivity index (χ2v) is 18.5. The number of fused-ring (bicyclic) bond motifs is 13. The monoisotopic (exact) mass is 719 g/mol. The van der Waals surface area contributed by atoms with Crippen molar-refractivity contribution >= 4 is 43.6 Å². The molecule has 4 heteroatoms. The number of allylic oxidation sites excluding steroid dienone is 3. The number of hydrogen-bond acceptors (Lipinski definition) is 3. The molecule has 0 radical (unpaired) electrons. The van der Waals surface area contributed by atoms with Crippen LogP contribution in [0.4, 0.5) is 0 Å². The Hall–Kier alpha value is -4.44. The minimum absolute atomic E-state index is 0.0950. The van der Waals surface area contributed by atoms with Crippen LogP contribution >= 0.6 is 0 Å². The molecule has 0 fully saturated rings. The van der Waals surface area contributed by atoms with Gasteiger partial charge in [-0.15, -0.1) is 0 Å². The summed E-state index contributed by atoms with van der Waals surface area (Å²) in [6.07, 6.45) is 10.0. The fourth-order valence-corrected chi connectivity index (χ4v) is 9.67. The first-order valence-electron chi connectivity index (χ1n) is 20.5. The zero-order valence-corrected chi connectivity index (χ0v) is 34.8. The van der Waals surface area contributed by atoms with Crippen LogP contribution in [0.5, 0.6) is 0 Å². The van der Waals surface area contributed by atoms with Crippen LogP contribution in [0.1, 0.15) is 123 Å². The highest BCUT2D eigenvalue weighted by Crippen LogP contribution is 2.53. The molecule has 0 aliphatic carbocycles. The van der Waals surface area contributed by atoms with E-state index in [-0.39, 0.29) is 10.8 Å². The van der Waals surface area contributed by atoms with Crippen molar-refractivity contribution in [1.29, 1.82) is 0 Å². The Balaban J connectivity index is 1.53.